The summed E-state index contributed by atoms with van der Waals surface area (Å²) in [7, 11) is 0. The van der Waals surface area contributed by atoms with Crippen LogP contribution in [0.15, 0.2) is 30.3 Å². The second-order valence-electron chi connectivity index (χ2n) is 7.59. The fourth-order valence-electron chi connectivity index (χ4n) is 3.78. The zero-order chi connectivity index (χ0) is 22.0. The van der Waals surface area contributed by atoms with Gasteiger partial charge in [-0.05, 0) is 31.2 Å². The number of halogens is 3. The lowest BCUT2D eigenvalue weighted by Gasteiger charge is -2.36. The molecule has 2 saturated heterocycles. The minimum absolute atomic E-state index is 0.258. The van der Waals surface area contributed by atoms with Gasteiger partial charge < -0.3 is 19.4 Å². The number of carbonyl (C=O) groups is 1. The maximum atomic E-state index is 12.7. The van der Waals surface area contributed by atoms with Gasteiger partial charge in [0.25, 0.3) is 5.91 Å². The highest BCUT2D eigenvalue weighted by Crippen LogP contribution is 2.29. The first-order chi connectivity index (χ1) is 14.8. The van der Waals surface area contributed by atoms with Crippen molar-refractivity contribution in [2.45, 2.75) is 13.1 Å². The normalized spacial score (nSPS) is 17.7. The maximum absolute atomic E-state index is 12.7. The van der Waals surface area contributed by atoms with Crippen LogP contribution < -0.4 is 9.80 Å². The van der Waals surface area contributed by atoms with Crippen molar-refractivity contribution >= 4 is 17.5 Å². The molecular formula is C21H24F3N5O2. The SMILES string of the molecule is Cc1nc(N2CCOCC2)cc(N2CCN(C(=O)c3ccc(C(F)(F)F)cc3)CC2)n1. The van der Waals surface area contributed by atoms with Crippen LogP contribution in [0.2, 0.25) is 0 Å². The predicted molar refractivity (Wildman–Crippen MR) is 109 cm³/mol. The number of alkyl halides is 3. The standard InChI is InChI=1S/C21H24F3N5O2/c1-15-25-18(14-19(26-15)28-10-12-31-13-11-28)27-6-8-29(9-7-27)20(30)16-2-4-17(5-3-16)21(22,23)24/h2-5,14H,6-13H2,1H3. The zero-order valence-corrected chi connectivity index (χ0v) is 17.2. The van der Waals surface area contributed by atoms with E-state index >= 15 is 0 Å². The van der Waals surface area contributed by atoms with E-state index in [2.05, 4.69) is 19.8 Å². The number of aryl methyl sites for hydroxylation is 1. The molecule has 0 unspecified atom stereocenters. The molecule has 2 aliphatic heterocycles. The van der Waals surface area contributed by atoms with E-state index in [4.69, 9.17) is 4.74 Å². The fraction of sp³-hybridized carbons (Fsp3) is 0.476. The number of benzene rings is 1. The van der Waals surface area contributed by atoms with E-state index in [1.54, 1.807) is 4.90 Å². The van der Waals surface area contributed by atoms with Gasteiger partial charge >= 0.3 is 6.18 Å². The summed E-state index contributed by atoms with van der Waals surface area (Å²) in [6.45, 7) is 6.88. The van der Waals surface area contributed by atoms with E-state index in [1.165, 1.54) is 12.1 Å². The molecule has 1 aromatic heterocycles. The lowest BCUT2D eigenvalue weighted by atomic mass is 10.1. The number of hydrogen-bond acceptors (Lipinski definition) is 6. The van der Waals surface area contributed by atoms with Crippen LogP contribution >= 0.6 is 0 Å². The summed E-state index contributed by atoms with van der Waals surface area (Å²) < 4.78 is 43.6. The average Bonchev–Trinajstić information content (AvgIpc) is 2.78. The molecule has 0 atom stereocenters. The third-order valence-electron chi connectivity index (χ3n) is 5.50. The summed E-state index contributed by atoms with van der Waals surface area (Å²) in [6.07, 6.45) is -4.41. The van der Waals surface area contributed by atoms with Crippen LogP contribution in [0.4, 0.5) is 24.8 Å². The number of nitrogens with zero attached hydrogens (tertiary/aromatic N) is 5. The molecule has 0 bridgehead atoms. The predicted octanol–water partition coefficient (Wildman–Crippen LogP) is 2.60. The molecule has 1 amide bonds. The molecule has 166 valence electrons. The summed E-state index contributed by atoms with van der Waals surface area (Å²) in [5.74, 6) is 2.10. The molecule has 4 rings (SSSR count). The van der Waals surface area contributed by atoms with Gasteiger partial charge in [0.15, 0.2) is 0 Å². The van der Waals surface area contributed by atoms with E-state index in [9.17, 15) is 18.0 Å². The van der Waals surface area contributed by atoms with Gasteiger partial charge in [0.1, 0.15) is 17.5 Å². The smallest absolute Gasteiger partial charge is 0.378 e. The highest BCUT2D eigenvalue weighted by atomic mass is 19.4. The molecule has 2 aromatic rings. The molecule has 0 saturated carbocycles. The van der Waals surface area contributed by atoms with E-state index < -0.39 is 11.7 Å². The Balaban J connectivity index is 1.40. The minimum Gasteiger partial charge on any atom is -0.378 e. The number of amides is 1. The average molecular weight is 435 g/mol. The van der Waals surface area contributed by atoms with Gasteiger partial charge in [-0.2, -0.15) is 13.2 Å². The Labute approximate surface area is 178 Å². The molecule has 2 fully saturated rings. The lowest BCUT2D eigenvalue weighted by molar-refractivity contribution is -0.137. The molecule has 0 aliphatic carbocycles. The molecule has 31 heavy (non-hydrogen) atoms. The van der Waals surface area contributed by atoms with Crippen molar-refractivity contribution in [2.75, 3.05) is 62.3 Å². The Morgan fingerprint density at radius 3 is 2.00 bits per heavy atom. The highest BCUT2D eigenvalue weighted by Gasteiger charge is 2.31. The summed E-state index contributed by atoms with van der Waals surface area (Å²) in [5, 5.41) is 0. The van der Waals surface area contributed by atoms with E-state index in [1.807, 2.05) is 13.0 Å². The molecule has 3 heterocycles. The minimum atomic E-state index is -4.41. The van der Waals surface area contributed by atoms with Crippen molar-refractivity contribution in [3.8, 4) is 0 Å². The van der Waals surface area contributed by atoms with Gasteiger partial charge in [-0.1, -0.05) is 0 Å². The number of hydrogen-bond donors (Lipinski definition) is 0. The molecule has 1 aromatic carbocycles. The number of carbonyl (C=O) groups excluding carboxylic acids is 1. The maximum Gasteiger partial charge on any atom is 0.416 e. The van der Waals surface area contributed by atoms with Crippen LogP contribution in [0.5, 0.6) is 0 Å². The first-order valence-electron chi connectivity index (χ1n) is 10.2. The van der Waals surface area contributed by atoms with Crippen molar-refractivity contribution < 1.29 is 22.7 Å². The van der Waals surface area contributed by atoms with Crippen molar-refractivity contribution in [3.05, 3.63) is 47.3 Å². The van der Waals surface area contributed by atoms with Crippen LogP contribution in [0, 0.1) is 6.92 Å². The monoisotopic (exact) mass is 435 g/mol. The fourth-order valence-corrected chi connectivity index (χ4v) is 3.78. The van der Waals surface area contributed by atoms with Crippen molar-refractivity contribution in [1.82, 2.24) is 14.9 Å². The van der Waals surface area contributed by atoms with Gasteiger partial charge in [-0.25, -0.2) is 9.97 Å². The summed E-state index contributed by atoms with van der Waals surface area (Å²) in [4.78, 5) is 27.7. The molecular weight excluding hydrogens is 411 g/mol. The van der Waals surface area contributed by atoms with E-state index in [0.29, 0.717) is 45.2 Å². The number of morpholine rings is 1. The van der Waals surface area contributed by atoms with Crippen LogP contribution in [0.1, 0.15) is 21.7 Å². The van der Waals surface area contributed by atoms with Crippen molar-refractivity contribution in [3.63, 3.8) is 0 Å². The number of rotatable bonds is 3. The second-order valence-corrected chi connectivity index (χ2v) is 7.59. The molecule has 0 radical (unpaired) electrons. The number of anilines is 2. The van der Waals surface area contributed by atoms with Crippen molar-refractivity contribution in [2.24, 2.45) is 0 Å². The van der Waals surface area contributed by atoms with Crippen LogP contribution in [-0.4, -0.2) is 73.3 Å². The number of aromatic nitrogens is 2. The van der Waals surface area contributed by atoms with Crippen LogP contribution in [0.25, 0.3) is 0 Å². The third-order valence-corrected chi connectivity index (χ3v) is 5.50. The van der Waals surface area contributed by atoms with Gasteiger partial charge in [-0.15, -0.1) is 0 Å². The van der Waals surface area contributed by atoms with Gasteiger partial charge in [0.05, 0.1) is 18.8 Å². The highest BCUT2D eigenvalue weighted by molar-refractivity contribution is 5.94. The Morgan fingerprint density at radius 2 is 1.45 bits per heavy atom. The van der Waals surface area contributed by atoms with Gasteiger partial charge in [0, 0.05) is 50.9 Å². The molecule has 2 aliphatic rings. The molecule has 0 N–H and O–H groups in total. The Bertz CT molecular complexity index is 922. The largest absolute Gasteiger partial charge is 0.416 e. The number of ether oxygens (including phenoxy) is 1. The van der Waals surface area contributed by atoms with Crippen molar-refractivity contribution in [1.29, 1.82) is 0 Å². The topological polar surface area (TPSA) is 61.8 Å². The van der Waals surface area contributed by atoms with E-state index in [-0.39, 0.29) is 11.5 Å². The Hall–Kier alpha value is -2.88. The van der Waals surface area contributed by atoms with E-state index in [0.717, 1.165) is 36.9 Å². The quantitative estimate of drug-likeness (QED) is 0.739. The second kappa shape index (κ2) is 8.70. The first kappa shape index (κ1) is 21.4. The summed E-state index contributed by atoms with van der Waals surface area (Å²) in [5.41, 5.74) is -0.502. The third kappa shape index (κ3) is 4.90. The molecule has 10 heteroatoms. The lowest BCUT2D eigenvalue weighted by Crippen LogP contribution is -2.49. The van der Waals surface area contributed by atoms with Gasteiger partial charge in [0.2, 0.25) is 0 Å². The first-order valence-corrected chi connectivity index (χ1v) is 10.2. The van der Waals surface area contributed by atoms with Gasteiger partial charge in [-0.3, -0.25) is 4.79 Å². The summed E-state index contributed by atoms with van der Waals surface area (Å²) >= 11 is 0. The molecule has 7 nitrogen and oxygen atoms in total. The Morgan fingerprint density at radius 1 is 0.903 bits per heavy atom. The number of piperazine rings is 1. The summed E-state index contributed by atoms with van der Waals surface area (Å²) in [6, 6.07) is 6.33. The molecule has 0 spiro atoms. The van der Waals surface area contributed by atoms with Crippen LogP contribution in [-0.2, 0) is 10.9 Å². The Kier molecular flexibility index (Phi) is 5.99. The van der Waals surface area contributed by atoms with Crippen LogP contribution in [0.3, 0.4) is 0 Å². The zero-order valence-electron chi connectivity index (χ0n) is 17.2.